The van der Waals surface area contributed by atoms with Crippen molar-refractivity contribution in [2.75, 3.05) is 11.9 Å². The van der Waals surface area contributed by atoms with Crippen molar-refractivity contribution in [2.45, 2.75) is 58.0 Å². The highest BCUT2D eigenvalue weighted by Crippen LogP contribution is 2.25. The van der Waals surface area contributed by atoms with Gasteiger partial charge in [-0.1, -0.05) is 25.5 Å². The van der Waals surface area contributed by atoms with Crippen LogP contribution in [0.1, 0.15) is 45.4 Å². The van der Waals surface area contributed by atoms with Gasteiger partial charge in [0.05, 0.1) is 0 Å². The lowest BCUT2D eigenvalue weighted by atomic mass is 9.99. The van der Waals surface area contributed by atoms with Crippen LogP contribution < -0.4 is 10.6 Å². The second kappa shape index (κ2) is 7.89. The van der Waals surface area contributed by atoms with Gasteiger partial charge < -0.3 is 15.2 Å². The summed E-state index contributed by atoms with van der Waals surface area (Å²) >= 11 is 0. The van der Waals surface area contributed by atoms with Crippen LogP contribution in [0.15, 0.2) is 24.3 Å². The van der Waals surface area contributed by atoms with Gasteiger partial charge in [-0.25, -0.2) is 4.79 Å². The van der Waals surface area contributed by atoms with Crippen LogP contribution in [0.2, 0.25) is 0 Å². The monoisotopic (exact) mass is 410 g/mol. The Morgan fingerprint density at radius 1 is 1.23 bits per heavy atom. The average molecular weight is 410 g/mol. The number of aryl methyl sites for hydroxylation is 1. The lowest BCUT2D eigenvalue weighted by Crippen LogP contribution is -2.44. The fourth-order valence-corrected chi connectivity index (χ4v) is 3.91. The van der Waals surface area contributed by atoms with Crippen molar-refractivity contribution in [2.24, 2.45) is 0 Å². The van der Waals surface area contributed by atoms with E-state index < -0.39 is 17.5 Å². The maximum Gasteiger partial charge on any atom is 0.325 e. The molecule has 9 nitrogen and oxygen atoms in total. The molecule has 3 heterocycles. The zero-order valence-electron chi connectivity index (χ0n) is 17.3. The van der Waals surface area contributed by atoms with Gasteiger partial charge in [0.1, 0.15) is 17.9 Å². The smallest absolute Gasteiger partial charge is 0.325 e. The molecule has 30 heavy (non-hydrogen) atoms. The average Bonchev–Trinajstić information content (AvgIpc) is 3.11. The number of fused-ring (bicyclic) bond motifs is 1. The van der Waals surface area contributed by atoms with E-state index >= 15 is 0 Å². The number of imide groups is 1. The van der Waals surface area contributed by atoms with E-state index in [4.69, 9.17) is 0 Å². The summed E-state index contributed by atoms with van der Waals surface area (Å²) in [6, 6.07) is 6.83. The Balaban J connectivity index is 1.48. The topological polar surface area (TPSA) is 109 Å². The van der Waals surface area contributed by atoms with Crippen LogP contribution in [0.25, 0.3) is 11.4 Å². The van der Waals surface area contributed by atoms with Gasteiger partial charge in [0.25, 0.3) is 5.91 Å². The summed E-state index contributed by atoms with van der Waals surface area (Å²) in [5.74, 6) is 0.964. The minimum absolute atomic E-state index is 0.329. The van der Waals surface area contributed by atoms with Gasteiger partial charge in [-0.05, 0) is 38.3 Å². The molecular weight excluding hydrogens is 384 g/mol. The van der Waals surface area contributed by atoms with Crippen molar-refractivity contribution >= 4 is 23.5 Å². The van der Waals surface area contributed by atoms with Gasteiger partial charge in [-0.15, -0.1) is 10.2 Å². The predicted octanol–water partition coefficient (Wildman–Crippen LogP) is 2.33. The molecule has 1 unspecified atom stereocenters. The maximum atomic E-state index is 12.5. The van der Waals surface area contributed by atoms with E-state index in [0.717, 1.165) is 47.9 Å². The summed E-state index contributed by atoms with van der Waals surface area (Å²) in [6.07, 6.45) is 4.77. The van der Waals surface area contributed by atoms with E-state index in [9.17, 15) is 14.4 Å². The van der Waals surface area contributed by atoms with Gasteiger partial charge in [0, 0.05) is 24.2 Å². The van der Waals surface area contributed by atoms with Gasteiger partial charge in [0.15, 0.2) is 5.82 Å². The largest absolute Gasteiger partial charge is 0.325 e. The van der Waals surface area contributed by atoms with E-state index in [0.29, 0.717) is 12.1 Å². The molecule has 0 spiro atoms. The summed E-state index contributed by atoms with van der Waals surface area (Å²) in [4.78, 5) is 38.1. The van der Waals surface area contributed by atoms with Crippen molar-refractivity contribution in [3.8, 4) is 11.4 Å². The molecule has 1 atom stereocenters. The number of aromatic nitrogens is 3. The highest BCUT2D eigenvalue weighted by atomic mass is 16.2. The quantitative estimate of drug-likeness (QED) is 0.736. The standard InChI is InChI=1S/C21H26N6O3/c1-3-21(2)19(29)27(20(30)23-21)13-17(28)22-15-9-7-8-14(12-15)18-25-24-16-10-5-4-6-11-26(16)18/h7-9,12H,3-6,10-11,13H2,1-2H3,(H,22,28)(H,23,30). The molecule has 4 amide bonds. The number of amides is 4. The van der Waals surface area contributed by atoms with Gasteiger partial charge >= 0.3 is 6.03 Å². The molecular formula is C21H26N6O3. The van der Waals surface area contributed by atoms with Crippen molar-refractivity contribution in [1.29, 1.82) is 0 Å². The van der Waals surface area contributed by atoms with Gasteiger partial charge in [-0.3, -0.25) is 14.5 Å². The van der Waals surface area contributed by atoms with Crippen LogP contribution in [-0.2, 0) is 22.6 Å². The van der Waals surface area contributed by atoms with Crippen molar-refractivity contribution < 1.29 is 14.4 Å². The predicted molar refractivity (Wildman–Crippen MR) is 111 cm³/mol. The first kappa shape index (κ1) is 20.1. The van der Waals surface area contributed by atoms with Crippen LogP contribution in [0.4, 0.5) is 10.5 Å². The molecule has 0 saturated carbocycles. The Morgan fingerprint density at radius 2 is 2.07 bits per heavy atom. The van der Waals surface area contributed by atoms with Crippen LogP contribution in [0.5, 0.6) is 0 Å². The van der Waals surface area contributed by atoms with Crippen molar-refractivity contribution in [3.63, 3.8) is 0 Å². The SMILES string of the molecule is CCC1(C)NC(=O)N(CC(=O)Nc2cccc(-c3nnc4n3CCCCC4)c2)C1=O. The van der Waals surface area contributed by atoms with E-state index in [-0.39, 0.29) is 12.5 Å². The third kappa shape index (κ3) is 3.67. The molecule has 0 radical (unpaired) electrons. The first-order valence-electron chi connectivity index (χ1n) is 10.4. The molecule has 2 aliphatic heterocycles. The molecule has 2 aliphatic rings. The molecule has 0 aliphatic carbocycles. The van der Waals surface area contributed by atoms with Crippen molar-refractivity contribution in [3.05, 3.63) is 30.1 Å². The number of anilines is 1. The summed E-state index contributed by atoms with van der Waals surface area (Å²) in [5, 5.41) is 14.1. The van der Waals surface area contributed by atoms with E-state index in [1.807, 2.05) is 25.1 Å². The van der Waals surface area contributed by atoms with Crippen LogP contribution in [-0.4, -0.2) is 49.6 Å². The number of nitrogens with one attached hydrogen (secondary N) is 2. The molecule has 1 saturated heterocycles. The zero-order chi connectivity index (χ0) is 21.3. The summed E-state index contributed by atoms with van der Waals surface area (Å²) in [6.45, 7) is 4.04. The van der Waals surface area contributed by atoms with Crippen LogP contribution in [0.3, 0.4) is 0 Å². The molecule has 0 bridgehead atoms. The Bertz CT molecular complexity index is 1000. The number of urea groups is 1. The minimum Gasteiger partial charge on any atom is -0.325 e. The fourth-order valence-electron chi connectivity index (χ4n) is 3.91. The molecule has 4 rings (SSSR count). The Morgan fingerprint density at radius 3 is 2.83 bits per heavy atom. The van der Waals surface area contributed by atoms with E-state index in [2.05, 4.69) is 25.4 Å². The molecule has 158 valence electrons. The van der Waals surface area contributed by atoms with Gasteiger partial charge in [-0.2, -0.15) is 0 Å². The van der Waals surface area contributed by atoms with Gasteiger partial charge in [0.2, 0.25) is 5.91 Å². The third-order valence-electron chi connectivity index (χ3n) is 5.87. The first-order valence-corrected chi connectivity index (χ1v) is 10.4. The lowest BCUT2D eigenvalue weighted by molar-refractivity contribution is -0.133. The highest BCUT2D eigenvalue weighted by Gasteiger charge is 2.46. The molecule has 1 fully saturated rings. The molecule has 9 heteroatoms. The normalized spacial score (nSPS) is 21.2. The lowest BCUT2D eigenvalue weighted by Gasteiger charge is -2.19. The Kier molecular flexibility index (Phi) is 5.27. The number of hydrogen-bond donors (Lipinski definition) is 2. The highest BCUT2D eigenvalue weighted by molar-refractivity contribution is 6.09. The Labute approximate surface area is 174 Å². The first-order chi connectivity index (χ1) is 14.4. The second-order valence-corrected chi connectivity index (χ2v) is 8.04. The number of nitrogens with zero attached hydrogens (tertiary/aromatic N) is 4. The fraction of sp³-hybridized carbons (Fsp3) is 0.476. The summed E-state index contributed by atoms with van der Waals surface area (Å²) < 4.78 is 2.15. The number of rotatable bonds is 5. The molecule has 2 N–H and O–H groups in total. The third-order valence-corrected chi connectivity index (χ3v) is 5.87. The molecule has 1 aromatic carbocycles. The molecule has 1 aromatic heterocycles. The number of hydrogen-bond acceptors (Lipinski definition) is 5. The second-order valence-electron chi connectivity index (χ2n) is 8.04. The number of carbonyl (C=O) groups excluding carboxylic acids is 3. The Hall–Kier alpha value is -3.23. The minimum atomic E-state index is -0.956. The molecule has 2 aromatic rings. The summed E-state index contributed by atoms with van der Waals surface area (Å²) in [5.41, 5.74) is 0.485. The van der Waals surface area contributed by atoms with E-state index in [1.165, 1.54) is 6.42 Å². The maximum absolute atomic E-state index is 12.5. The zero-order valence-corrected chi connectivity index (χ0v) is 17.3. The van der Waals surface area contributed by atoms with E-state index in [1.54, 1.807) is 13.0 Å². The number of carbonyl (C=O) groups is 3. The summed E-state index contributed by atoms with van der Waals surface area (Å²) in [7, 11) is 0. The van der Waals surface area contributed by atoms with Crippen molar-refractivity contribution in [1.82, 2.24) is 25.0 Å². The number of benzene rings is 1. The van der Waals surface area contributed by atoms with Crippen LogP contribution >= 0.6 is 0 Å². The van der Waals surface area contributed by atoms with Crippen LogP contribution in [0, 0.1) is 0 Å².